The predicted molar refractivity (Wildman–Crippen MR) is 79.4 cm³/mol. The van der Waals surface area contributed by atoms with Gasteiger partial charge >= 0.3 is 0 Å². The van der Waals surface area contributed by atoms with E-state index in [0.717, 1.165) is 23.4 Å². The molecule has 1 saturated heterocycles. The second-order valence-electron chi connectivity index (χ2n) is 4.59. The van der Waals surface area contributed by atoms with E-state index >= 15 is 0 Å². The topological polar surface area (TPSA) is 59.6 Å². The summed E-state index contributed by atoms with van der Waals surface area (Å²) >= 11 is 0. The summed E-state index contributed by atoms with van der Waals surface area (Å²) < 4.78 is 10.7. The third-order valence-electron chi connectivity index (χ3n) is 3.16. The van der Waals surface area contributed by atoms with Gasteiger partial charge in [0.1, 0.15) is 11.9 Å². The number of halogens is 1. The zero-order valence-corrected chi connectivity index (χ0v) is 12.6. The van der Waals surface area contributed by atoms with E-state index in [4.69, 9.17) is 9.47 Å². The van der Waals surface area contributed by atoms with Gasteiger partial charge in [-0.25, -0.2) is 0 Å². The SMILES string of the molecule is COc1cc(CNC(=O)C2CNCCO2)ccc1C.Cl. The van der Waals surface area contributed by atoms with E-state index in [9.17, 15) is 4.79 Å². The van der Waals surface area contributed by atoms with Gasteiger partial charge in [0.05, 0.1) is 13.7 Å². The lowest BCUT2D eigenvalue weighted by molar-refractivity contribution is -0.134. The molecule has 1 amide bonds. The van der Waals surface area contributed by atoms with Crippen LogP contribution in [0.15, 0.2) is 18.2 Å². The van der Waals surface area contributed by atoms with Crippen LogP contribution in [0.25, 0.3) is 0 Å². The fraction of sp³-hybridized carbons (Fsp3) is 0.500. The van der Waals surface area contributed by atoms with Crippen LogP contribution in [0.3, 0.4) is 0 Å². The molecular weight excluding hydrogens is 280 g/mol. The zero-order chi connectivity index (χ0) is 13.7. The lowest BCUT2D eigenvalue weighted by Crippen LogP contribution is -2.47. The summed E-state index contributed by atoms with van der Waals surface area (Å²) in [7, 11) is 1.65. The maximum Gasteiger partial charge on any atom is 0.250 e. The first-order chi connectivity index (χ1) is 9.20. The van der Waals surface area contributed by atoms with Gasteiger partial charge in [-0.1, -0.05) is 12.1 Å². The van der Waals surface area contributed by atoms with Gasteiger partial charge < -0.3 is 20.1 Å². The molecule has 1 aromatic rings. The maximum atomic E-state index is 11.9. The number of carbonyl (C=O) groups excluding carboxylic acids is 1. The Morgan fingerprint density at radius 1 is 1.55 bits per heavy atom. The van der Waals surface area contributed by atoms with Crippen molar-refractivity contribution in [1.82, 2.24) is 10.6 Å². The smallest absolute Gasteiger partial charge is 0.250 e. The molecule has 1 fully saturated rings. The Bertz CT molecular complexity index is 448. The molecule has 1 aliphatic heterocycles. The van der Waals surface area contributed by atoms with Crippen LogP contribution in [-0.2, 0) is 16.1 Å². The minimum absolute atomic E-state index is 0. The number of ether oxygens (including phenoxy) is 2. The van der Waals surface area contributed by atoms with E-state index in [-0.39, 0.29) is 24.4 Å². The monoisotopic (exact) mass is 300 g/mol. The fourth-order valence-corrected chi connectivity index (χ4v) is 2.01. The molecule has 1 unspecified atom stereocenters. The number of amides is 1. The maximum absolute atomic E-state index is 11.9. The number of hydrogen-bond donors (Lipinski definition) is 2. The van der Waals surface area contributed by atoms with Crippen molar-refractivity contribution >= 4 is 18.3 Å². The Kier molecular flexibility index (Phi) is 6.78. The average molecular weight is 301 g/mol. The summed E-state index contributed by atoms with van der Waals surface area (Å²) in [6, 6.07) is 5.91. The van der Waals surface area contributed by atoms with Crippen LogP contribution in [0.4, 0.5) is 0 Å². The molecule has 0 aliphatic carbocycles. The van der Waals surface area contributed by atoms with Crippen molar-refractivity contribution < 1.29 is 14.3 Å². The Hall–Kier alpha value is -1.30. The van der Waals surface area contributed by atoms with Gasteiger partial charge in [-0.2, -0.15) is 0 Å². The standard InChI is InChI=1S/C14H20N2O3.ClH/c1-10-3-4-11(7-12(10)18-2)8-16-14(17)13-9-15-5-6-19-13;/h3-4,7,13,15H,5-6,8-9H2,1-2H3,(H,16,17);1H. The molecule has 0 radical (unpaired) electrons. The highest BCUT2D eigenvalue weighted by molar-refractivity contribution is 5.85. The number of hydrogen-bond acceptors (Lipinski definition) is 4. The molecule has 2 rings (SSSR count). The first-order valence-corrected chi connectivity index (χ1v) is 6.44. The largest absolute Gasteiger partial charge is 0.496 e. The number of carbonyl (C=O) groups is 1. The zero-order valence-electron chi connectivity index (χ0n) is 11.8. The number of methoxy groups -OCH3 is 1. The number of nitrogens with one attached hydrogen (secondary N) is 2. The Labute approximate surface area is 125 Å². The lowest BCUT2D eigenvalue weighted by Gasteiger charge is -2.22. The van der Waals surface area contributed by atoms with Gasteiger partial charge in [-0.05, 0) is 24.1 Å². The van der Waals surface area contributed by atoms with Gasteiger partial charge in [0.2, 0.25) is 0 Å². The number of aryl methyl sites for hydroxylation is 1. The van der Waals surface area contributed by atoms with Crippen LogP contribution in [0, 0.1) is 6.92 Å². The van der Waals surface area contributed by atoms with Crippen LogP contribution in [0.2, 0.25) is 0 Å². The molecule has 2 N–H and O–H groups in total. The third kappa shape index (κ3) is 4.37. The molecular formula is C14H21ClN2O3. The van der Waals surface area contributed by atoms with Crippen molar-refractivity contribution in [3.05, 3.63) is 29.3 Å². The summed E-state index contributed by atoms with van der Waals surface area (Å²) in [6.07, 6.45) is -0.388. The summed E-state index contributed by atoms with van der Waals surface area (Å²) in [5.74, 6) is 0.758. The minimum atomic E-state index is -0.388. The van der Waals surface area contributed by atoms with E-state index in [2.05, 4.69) is 10.6 Å². The van der Waals surface area contributed by atoms with E-state index in [0.29, 0.717) is 19.7 Å². The summed E-state index contributed by atoms with van der Waals surface area (Å²) in [5, 5.41) is 6.01. The highest BCUT2D eigenvalue weighted by Crippen LogP contribution is 2.18. The molecule has 5 nitrogen and oxygen atoms in total. The van der Waals surface area contributed by atoms with Crippen LogP contribution < -0.4 is 15.4 Å². The van der Waals surface area contributed by atoms with E-state index in [1.807, 2.05) is 25.1 Å². The van der Waals surface area contributed by atoms with E-state index in [1.165, 1.54) is 0 Å². The summed E-state index contributed by atoms with van der Waals surface area (Å²) in [4.78, 5) is 11.9. The van der Waals surface area contributed by atoms with Crippen LogP contribution in [0.1, 0.15) is 11.1 Å². The van der Waals surface area contributed by atoms with Gasteiger partial charge in [0, 0.05) is 19.6 Å². The van der Waals surface area contributed by atoms with Crippen molar-refractivity contribution in [2.45, 2.75) is 19.6 Å². The molecule has 1 aromatic carbocycles. The lowest BCUT2D eigenvalue weighted by atomic mass is 10.1. The molecule has 0 saturated carbocycles. The normalized spacial score (nSPS) is 18.0. The summed E-state index contributed by atoms with van der Waals surface area (Å²) in [6.45, 7) is 4.43. The Balaban J connectivity index is 0.00000200. The van der Waals surface area contributed by atoms with Crippen LogP contribution in [0.5, 0.6) is 5.75 Å². The Morgan fingerprint density at radius 2 is 2.35 bits per heavy atom. The molecule has 0 aromatic heterocycles. The van der Waals surface area contributed by atoms with Crippen LogP contribution in [-0.4, -0.2) is 38.8 Å². The van der Waals surface area contributed by atoms with Crippen LogP contribution >= 0.6 is 12.4 Å². The Morgan fingerprint density at radius 3 is 3.00 bits per heavy atom. The molecule has 20 heavy (non-hydrogen) atoms. The molecule has 112 valence electrons. The van der Waals surface area contributed by atoms with Crippen molar-refractivity contribution in [1.29, 1.82) is 0 Å². The second kappa shape index (κ2) is 8.09. The fourth-order valence-electron chi connectivity index (χ4n) is 2.01. The highest BCUT2D eigenvalue weighted by atomic mass is 35.5. The van der Waals surface area contributed by atoms with Crippen molar-refractivity contribution in [2.24, 2.45) is 0 Å². The molecule has 1 atom stereocenters. The highest BCUT2D eigenvalue weighted by Gasteiger charge is 2.21. The van der Waals surface area contributed by atoms with Gasteiger partial charge in [-0.15, -0.1) is 12.4 Å². The van der Waals surface area contributed by atoms with Crippen molar-refractivity contribution in [3.8, 4) is 5.75 Å². The third-order valence-corrected chi connectivity index (χ3v) is 3.16. The number of benzene rings is 1. The molecule has 1 heterocycles. The summed E-state index contributed by atoms with van der Waals surface area (Å²) in [5.41, 5.74) is 2.09. The number of morpholine rings is 1. The quantitative estimate of drug-likeness (QED) is 0.872. The van der Waals surface area contributed by atoms with E-state index < -0.39 is 0 Å². The first-order valence-electron chi connectivity index (χ1n) is 6.44. The van der Waals surface area contributed by atoms with E-state index in [1.54, 1.807) is 7.11 Å². The van der Waals surface area contributed by atoms with Gasteiger partial charge in [0.25, 0.3) is 5.91 Å². The van der Waals surface area contributed by atoms with Crippen molar-refractivity contribution in [3.63, 3.8) is 0 Å². The van der Waals surface area contributed by atoms with Gasteiger partial charge in [0.15, 0.2) is 0 Å². The molecule has 0 bridgehead atoms. The molecule has 6 heteroatoms. The minimum Gasteiger partial charge on any atom is -0.496 e. The molecule has 1 aliphatic rings. The first kappa shape index (κ1) is 16.8. The molecule has 0 spiro atoms. The average Bonchev–Trinajstić information content (AvgIpc) is 2.47. The number of rotatable bonds is 4. The predicted octanol–water partition coefficient (Wildman–Crippen LogP) is 1.03. The second-order valence-corrected chi connectivity index (χ2v) is 4.59. The van der Waals surface area contributed by atoms with Gasteiger partial charge in [-0.3, -0.25) is 4.79 Å². The van der Waals surface area contributed by atoms with Crippen molar-refractivity contribution in [2.75, 3.05) is 26.8 Å².